The Morgan fingerprint density at radius 1 is 1.39 bits per heavy atom. The summed E-state index contributed by atoms with van der Waals surface area (Å²) in [5.41, 5.74) is -0.278. The van der Waals surface area contributed by atoms with Gasteiger partial charge in [0.25, 0.3) is 11.5 Å². The number of amides is 1. The van der Waals surface area contributed by atoms with Gasteiger partial charge in [-0.05, 0) is 13.0 Å². The lowest BCUT2D eigenvalue weighted by Crippen LogP contribution is -2.35. The monoisotopic (exact) mass is 250 g/mol. The molecule has 1 aliphatic rings. The van der Waals surface area contributed by atoms with E-state index in [4.69, 9.17) is 0 Å². The molecule has 4 N–H and O–H groups in total. The fourth-order valence-corrected chi connectivity index (χ4v) is 1.70. The van der Waals surface area contributed by atoms with Gasteiger partial charge in [0.1, 0.15) is 5.56 Å². The Balaban J connectivity index is 2.01. The molecule has 1 aliphatic heterocycles. The minimum absolute atomic E-state index is 0.0934. The normalized spacial score (nSPS) is 15.0. The van der Waals surface area contributed by atoms with E-state index >= 15 is 0 Å². The summed E-state index contributed by atoms with van der Waals surface area (Å²) in [6, 6.07) is 0. The van der Waals surface area contributed by atoms with Gasteiger partial charge in [-0.25, -0.2) is 4.79 Å². The lowest BCUT2D eigenvalue weighted by Gasteiger charge is -2.14. The lowest BCUT2D eigenvalue weighted by molar-refractivity contribution is 0.0954. The molecule has 1 aromatic heterocycles. The Morgan fingerprint density at radius 3 is 2.89 bits per heavy atom. The van der Waals surface area contributed by atoms with Gasteiger partial charge < -0.3 is 15.6 Å². The number of aromatic nitrogens is 2. The van der Waals surface area contributed by atoms with Crippen LogP contribution in [0.15, 0.2) is 27.4 Å². The van der Waals surface area contributed by atoms with Gasteiger partial charge in [-0.3, -0.25) is 14.6 Å². The minimum atomic E-state index is -0.685. The van der Waals surface area contributed by atoms with E-state index in [1.54, 1.807) is 0 Å². The van der Waals surface area contributed by atoms with Gasteiger partial charge >= 0.3 is 5.69 Å². The number of carbonyl (C=O) groups excluding carboxylic acids is 1. The van der Waals surface area contributed by atoms with Crippen LogP contribution in [0, 0.1) is 0 Å². The quantitative estimate of drug-likeness (QED) is 0.501. The molecule has 0 unspecified atom stereocenters. The third-order valence-corrected chi connectivity index (χ3v) is 2.70. The van der Waals surface area contributed by atoms with E-state index in [1.807, 2.05) is 11.1 Å². The largest absolute Gasteiger partial charge is 0.348 e. The molecule has 7 heteroatoms. The molecule has 0 bridgehead atoms. The Labute approximate surface area is 102 Å². The average molecular weight is 250 g/mol. The number of aromatic amines is 2. The standard InChI is InChI=1S/C11H14N4O3/c16-9(8-6-14-11(18)15-10(8)17)13-5-7-1-3-12-4-2-7/h1,6,12H,2-5H2,(H,13,16)(H2,14,15,17,18). The van der Waals surface area contributed by atoms with Crippen molar-refractivity contribution >= 4 is 5.91 Å². The van der Waals surface area contributed by atoms with Gasteiger partial charge in [-0.15, -0.1) is 0 Å². The van der Waals surface area contributed by atoms with Crippen LogP contribution in [0.2, 0.25) is 0 Å². The molecule has 0 saturated carbocycles. The van der Waals surface area contributed by atoms with Gasteiger partial charge in [0.05, 0.1) is 0 Å². The second kappa shape index (κ2) is 5.46. The molecule has 0 aliphatic carbocycles. The first-order valence-electron chi connectivity index (χ1n) is 5.65. The maximum atomic E-state index is 11.7. The molecule has 0 radical (unpaired) electrons. The van der Waals surface area contributed by atoms with Crippen LogP contribution in [-0.2, 0) is 0 Å². The van der Waals surface area contributed by atoms with E-state index in [0.717, 1.165) is 31.3 Å². The van der Waals surface area contributed by atoms with Gasteiger partial charge in [-0.1, -0.05) is 11.6 Å². The topological polar surface area (TPSA) is 107 Å². The summed E-state index contributed by atoms with van der Waals surface area (Å²) < 4.78 is 0. The van der Waals surface area contributed by atoms with E-state index in [2.05, 4.69) is 15.6 Å². The Bertz CT molecular complexity index is 584. The molecule has 7 nitrogen and oxygen atoms in total. The maximum absolute atomic E-state index is 11.7. The van der Waals surface area contributed by atoms with Crippen LogP contribution < -0.4 is 21.9 Å². The number of H-pyrrole nitrogens is 2. The van der Waals surface area contributed by atoms with Crippen molar-refractivity contribution in [2.24, 2.45) is 0 Å². The molecule has 18 heavy (non-hydrogen) atoms. The van der Waals surface area contributed by atoms with E-state index in [9.17, 15) is 14.4 Å². The molecule has 2 rings (SSSR count). The van der Waals surface area contributed by atoms with E-state index in [0.29, 0.717) is 6.54 Å². The zero-order valence-corrected chi connectivity index (χ0v) is 9.71. The summed E-state index contributed by atoms with van der Waals surface area (Å²) in [4.78, 5) is 38.2. The fraction of sp³-hybridized carbons (Fsp3) is 0.364. The number of hydrogen-bond donors (Lipinski definition) is 4. The summed E-state index contributed by atoms with van der Waals surface area (Å²) >= 11 is 0. The van der Waals surface area contributed by atoms with Crippen LogP contribution in [0.25, 0.3) is 0 Å². The summed E-state index contributed by atoms with van der Waals surface area (Å²) in [5.74, 6) is -0.494. The molecule has 0 atom stereocenters. The first-order chi connectivity index (χ1) is 8.66. The van der Waals surface area contributed by atoms with Crippen molar-refractivity contribution in [3.05, 3.63) is 44.2 Å². The molecule has 0 fully saturated rings. The van der Waals surface area contributed by atoms with Crippen LogP contribution >= 0.6 is 0 Å². The van der Waals surface area contributed by atoms with Crippen molar-refractivity contribution in [1.29, 1.82) is 0 Å². The zero-order chi connectivity index (χ0) is 13.0. The Kier molecular flexibility index (Phi) is 3.73. The first-order valence-corrected chi connectivity index (χ1v) is 5.65. The van der Waals surface area contributed by atoms with Crippen molar-refractivity contribution in [2.75, 3.05) is 19.6 Å². The average Bonchev–Trinajstić information content (AvgIpc) is 2.37. The minimum Gasteiger partial charge on any atom is -0.348 e. The Hall–Kier alpha value is -2.15. The highest BCUT2D eigenvalue weighted by atomic mass is 16.2. The summed E-state index contributed by atoms with van der Waals surface area (Å²) in [6.07, 6.45) is 4.01. The van der Waals surface area contributed by atoms with Gasteiger partial charge in [0.15, 0.2) is 0 Å². The van der Waals surface area contributed by atoms with Crippen molar-refractivity contribution < 1.29 is 4.79 Å². The molecule has 2 heterocycles. The molecular weight excluding hydrogens is 236 g/mol. The number of hydrogen-bond acceptors (Lipinski definition) is 4. The van der Waals surface area contributed by atoms with Gasteiger partial charge in [0, 0.05) is 19.3 Å². The van der Waals surface area contributed by atoms with Crippen molar-refractivity contribution in [1.82, 2.24) is 20.6 Å². The second-order valence-electron chi connectivity index (χ2n) is 3.98. The van der Waals surface area contributed by atoms with Crippen LogP contribution in [0.1, 0.15) is 16.8 Å². The molecule has 0 spiro atoms. The van der Waals surface area contributed by atoms with Gasteiger partial charge in [0.2, 0.25) is 0 Å². The third-order valence-electron chi connectivity index (χ3n) is 2.70. The van der Waals surface area contributed by atoms with Crippen molar-refractivity contribution in [2.45, 2.75) is 6.42 Å². The molecule has 0 aromatic carbocycles. The van der Waals surface area contributed by atoms with Crippen molar-refractivity contribution in [3.63, 3.8) is 0 Å². The summed E-state index contributed by atoms with van der Waals surface area (Å²) in [7, 11) is 0. The Morgan fingerprint density at radius 2 is 2.22 bits per heavy atom. The molecule has 1 aromatic rings. The molecule has 0 saturated heterocycles. The maximum Gasteiger partial charge on any atom is 0.325 e. The zero-order valence-electron chi connectivity index (χ0n) is 9.71. The van der Waals surface area contributed by atoms with Crippen molar-refractivity contribution in [3.8, 4) is 0 Å². The SMILES string of the molecule is O=C(NCC1=CCNCC1)c1c[nH]c(=O)[nH]c1=O. The smallest absolute Gasteiger partial charge is 0.325 e. The van der Waals surface area contributed by atoms with E-state index in [1.165, 1.54) is 0 Å². The summed E-state index contributed by atoms with van der Waals surface area (Å²) in [5, 5.41) is 5.82. The van der Waals surface area contributed by atoms with E-state index < -0.39 is 17.2 Å². The summed E-state index contributed by atoms with van der Waals surface area (Å²) in [6.45, 7) is 2.10. The van der Waals surface area contributed by atoms with Crippen LogP contribution in [0.4, 0.5) is 0 Å². The number of nitrogens with one attached hydrogen (secondary N) is 4. The van der Waals surface area contributed by atoms with Crippen LogP contribution in [0.3, 0.4) is 0 Å². The number of carbonyl (C=O) groups is 1. The highest BCUT2D eigenvalue weighted by Crippen LogP contribution is 2.02. The highest BCUT2D eigenvalue weighted by Gasteiger charge is 2.11. The first kappa shape index (κ1) is 12.3. The molecular formula is C11H14N4O3. The van der Waals surface area contributed by atoms with Crippen LogP contribution in [-0.4, -0.2) is 35.5 Å². The fourth-order valence-electron chi connectivity index (χ4n) is 1.70. The third kappa shape index (κ3) is 2.95. The van der Waals surface area contributed by atoms with Gasteiger partial charge in [-0.2, -0.15) is 0 Å². The second-order valence-corrected chi connectivity index (χ2v) is 3.98. The predicted molar refractivity (Wildman–Crippen MR) is 65.6 cm³/mol. The number of rotatable bonds is 3. The highest BCUT2D eigenvalue weighted by molar-refractivity contribution is 5.93. The van der Waals surface area contributed by atoms with Crippen LogP contribution in [0.5, 0.6) is 0 Å². The predicted octanol–water partition coefficient (Wildman–Crippen LogP) is -1.29. The molecule has 1 amide bonds. The molecule has 96 valence electrons. The lowest BCUT2D eigenvalue weighted by atomic mass is 10.1. The van der Waals surface area contributed by atoms with E-state index in [-0.39, 0.29) is 5.56 Å².